The molecule has 15 heteroatoms. The van der Waals surface area contributed by atoms with Crippen molar-refractivity contribution >= 4 is 47.4 Å². The van der Waals surface area contributed by atoms with E-state index in [0.29, 0.717) is 23.6 Å². The number of carbonyl (C=O) groups is 5. The van der Waals surface area contributed by atoms with Gasteiger partial charge in [0.25, 0.3) is 0 Å². The topological polar surface area (TPSA) is 184 Å². The van der Waals surface area contributed by atoms with E-state index in [9.17, 15) is 34.2 Å². The molecule has 45 heavy (non-hydrogen) atoms. The number of β-lactam (4-membered cyclic amide) rings is 1. The number of aliphatic hydroxyl groups excluding tert-OH is 1. The maximum Gasteiger partial charge on any atom is 1.00 e. The number of anilines is 1. The number of aromatic carboxylic acids is 1. The van der Waals surface area contributed by atoms with Gasteiger partial charge in [-0.25, -0.2) is 9.59 Å². The van der Waals surface area contributed by atoms with Crippen molar-refractivity contribution in [3.8, 4) is 0 Å². The Bertz CT molecular complexity index is 1350. The summed E-state index contributed by atoms with van der Waals surface area (Å²) in [6.45, 7) is 3.15. The molecule has 3 N–H and O–H groups in total. The number of fused-ring (bicyclic) bond motifs is 1. The third kappa shape index (κ3) is 7.86. The fourth-order valence-electron chi connectivity index (χ4n) is 6.35. The number of thioether (sulfide) groups is 1. The number of ether oxygens (including phenoxy) is 3. The average molecular weight is 654 g/mol. The van der Waals surface area contributed by atoms with Crippen molar-refractivity contribution in [2.24, 2.45) is 11.8 Å². The monoisotopic (exact) mass is 653 g/mol. The minimum atomic E-state index is -1.35. The zero-order valence-corrected chi connectivity index (χ0v) is 28.3. The Kier molecular flexibility index (Phi) is 12.0. The predicted molar refractivity (Wildman–Crippen MR) is 155 cm³/mol. The van der Waals surface area contributed by atoms with Gasteiger partial charge in [0.15, 0.2) is 0 Å². The molecule has 1 aromatic carbocycles. The molecule has 2 amide bonds. The van der Waals surface area contributed by atoms with E-state index >= 15 is 0 Å². The summed E-state index contributed by atoms with van der Waals surface area (Å²) in [5, 5.41) is 27.1. The molecule has 0 unspecified atom stereocenters. The van der Waals surface area contributed by atoms with Gasteiger partial charge in [0.2, 0.25) is 18.6 Å². The summed E-state index contributed by atoms with van der Waals surface area (Å²) in [5.41, 5.74) is 0.313. The number of hydrogen-bond acceptors (Lipinski definition) is 12. The molecule has 238 valence electrons. The normalized spacial score (nSPS) is 26.7. The van der Waals surface area contributed by atoms with Crippen LogP contribution in [-0.2, 0) is 28.6 Å². The number of aliphatic hydroxyl groups is 1. The van der Waals surface area contributed by atoms with Crippen LogP contribution < -0.4 is 45.3 Å². The van der Waals surface area contributed by atoms with Crippen molar-refractivity contribution in [3.05, 3.63) is 40.4 Å². The SMILES string of the molecule is C[C@@H](O)[C@H]1C(=O)N2C(C(=O)OCOC(=O)OC3CCCCC3)=C(S[C@@H]3CN[C@H](C(=O)Nc4cccc(C(=O)[O-])c4)C3)[C@H](C)[C@H]12.[Na+]. The molecule has 1 aliphatic carbocycles. The maximum atomic E-state index is 13.3. The standard InChI is InChI=1S/C30H37N3O10S.Na/c1-15-23-22(16(2)34)27(36)33(23)24(29(39)41-14-42-30(40)43-19-9-4-3-5-10-19)25(15)44-20-12-21(31-13-20)26(35)32-18-8-6-7-17(11-18)28(37)38;/h6-8,11,15-16,19-23,31,34H,3-5,9-10,12-14H2,1-2H3,(H,32,35)(H,37,38);/q;+1/p-1/t15-,16-,20+,21+,22-,23-;/m1./s1. The number of nitrogens with one attached hydrogen (secondary N) is 2. The fourth-order valence-corrected chi connectivity index (χ4v) is 7.82. The summed E-state index contributed by atoms with van der Waals surface area (Å²) < 4.78 is 15.5. The first kappa shape index (κ1) is 35.2. The third-order valence-electron chi connectivity index (χ3n) is 8.55. The zero-order valence-electron chi connectivity index (χ0n) is 25.5. The molecule has 13 nitrogen and oxygen atoms in total. The summed E-state index contributed by atoms with van der Waals surface area (Å²) >= 11 is 1.36. The van der Waals surface area contributed by atoms with Crippen LogP contribution in [0.5, 0.6) is 0 Å². The molecular weight excluding hydrogens is 617 g/mol. The Labute approximate surface area is 287 Å². The molecule has 4 aliphatic rings. The van der Waals surface area contributed by atoms with E-state index in [1.54, 1.807) is 6.07 Å². The molecule has 1 saturated carbocycles. The second-order valence-electron chi connectivity index (χ2n) is 11.6. The second-order valence-corrected chi connectivity index (χ2v) is 12.9. The van der Waals surface area contributed by atoms with Crippen molar-refractivity contribution in [2.75, 3.05) is 18.7 Å². The smallest absolute Gasteiger partial charge is 0.545 e. The summed E-state index contributed by atoms with van der Waals surface area (Å²) in [4.78, 5) is 64.4. The molecular formula is C30H36N3NaO10S. The number of carboxylic acid groups (broad SMARTS) is 1. The average Bonchev–Trinajstić information content (AvgIpc) is 3.55. The molecule has 5 rings (SSSR count). The first-order valence-electron chi connectivity index (χ1n) is 14.8. The van der Waals surface area contributed by atoms with Crippen molar-refractivity contribution < 1.29 is 78.0 Å². The van der Waals surface area contributed by atoms with Crippen LogP contribution in [0.3, 0.4) is 0 Å². The Hall–Kier alpha value is -2.62. The molecule has 3 fully saturated rings. The van der Waals surface area contributed by atoms with Gasteiger partial charge in [-0.2, -0.15) is 0 Å². The predicted octanol–water partition coefficient (Wildman–Crippen LogP) is -1.49. The van der Waals surface area contributed by atoms with Crippen molar-refractivity contribution in [2.45, 2.75) is 81.9 Å². The molecule has 0 bridgehead atoms. The number of carboxylic acids is 1. The summed E-state index contributed by atoms with van der Waals surface area (Å²) in [6.07, 6.45) is 2.90. The molecule has 3 heterocycles. The number of amides is 2. The number of hydrogen-bond donors (Lipinski definition) is 3. The largest absolute Gasteiger partial charge is 1.00 e. The van der Waals surface area contributed by atoms with E-state index < -0.39 is 54.9 Å². The van der Waals surface area contributed by atoms with Crippen molar-refractivity contribution in [1.29, 1.82) is 0 Å². The molecule has 1 aromatic rings. The van der Waals surface area contributed by atoms with Gasteiger partial charge < -0.3 is 44.8 Å². The Morgan fingerprint density at radius 1 is 1.18 bits per heavy atom. The first-order valence-corrected chi connectivity index (χ1v) is 15.7. The van der Waals surface area contributed by atoms with E-state index in [0.717, 1.165) is 32.1 Å². The summed E-state index contributed by atoms with van der Waals surface area (Å²) in [6, 6.07) is 4.75. The van der Waals surface area contributed by atoms with Crippen LogP contribution in [0.15, 0.2) is 34.9 Å². The Morgan fingerprint density at radius 3 is 2.60 bits per heavy atom. The van der Waals surface area contributed by atoms with Crippen LogP contribution in [0.4, 0.5) is 10.5 Å². The molecule has 2 saturated heterocycles. The second kappa shape index (κ2) is 15.3. The molecule has 6 atom stereocenters. The zero-order chi connectivity index (χ0) is 31.5. The number of nitrogens with zero attached hydrogens (tertiary/aromatic N) is 1. The van der Waals surface area contributed by atoms with Gasteiger partial charge in [0.05, 0.1) is 30.1 Å². The van der Waals surface area contributed by atoms with Gasteiger partial charge in [0, 0.05) is 28.3 Å². The van der Waals surface area contributed by atoms with Gasteiger partial charge in [-0.05, 0) is 56.7 Å². The minimum absolute atomic E-state index is 0. The quantitative estimate of drug-likeness (QED) is 0.115. The molecule has 0 radical (unpaired) electrons. The Balaban J connectivity index is 0.00000461. The summed E-state index contributed by atoms with van der Waals surface area (Å²) in [7, 11) is 0. The van der Waals surface area contributed by atoms with E-state index in [2.05, 4.69) is 10.6 Å². The minimum Gasteiger partial charge on any atom is -0.545 e. The van der Waals surface area contributed by atoms with E-state index in [1.165, 1.54) is 41.8 Å². The van der Waals surface area contributed by atoms with Gasteiger partial charge in [-0.3, -0.25) is 9.59 Å². The van der Waals surface area contributed by atoms with E-state index in [-0.39, 0.29) is 64.0 Å². The van der Waals surface area contributed by atoms with Crippen LogP contribution >= 0.6 is 11.8 Å². The van der Waals surface area contributed by atoms with E-state index in [1.807, 2.05) is 6.92 Å². The third-order valence-corrected chi connectivity index (χ3v) is 10.1. The van der Waals surface area contributed by atoms with Gasteiger partial charge in [-0.15, -0.1) is 11.8 Å². The van der Waals surface area contributed by atoms with Gasteiger partial charge >= 0.3 is 41.7 Å². The number of carbonyl (C=O) groups excluding carboxylic acids is 5. The van der Waals surface area contributed by atoms with Crippen LogP contribution in [0, 0.1) is 11.8 Å². The first-order chi connectivity index (χ1) is 21.0. The van der Waals surface area contributed by atoms with Crippen LogP contribution in [0.2, 0.25) is 0 Å². The number of rotatable bonds is 10. The Morgan fingerprint density at radius 2 is 1.91 bits per heavy atom. The maximum absolute atomic E-state index is 13.3. The van der Waals surface area contributed by atoms with Crippen molar-refractivity contribution in [3.63, 3.8) is 0 Å². The van der Waals surface area contributed by atoms with Gasteiger partial charge in [-0.1, -0.05) is 25.5 Å². The van der Waals surface area contributed by atoms with E-state index in [4.69, 9.17) is 14.2 Å². The summed E-state index contributed by atoms with van der Waals surface area (Å²) in [5.74, 6) is -3.89. The number of benzene rings is 1. The van der Waals surface area contributed by atoms with Crippen LogP contribution in [-0.4, -0.2) is 82.8 Å². The number of esters is 1. The fraction of sp³-hybridized carbons (Fsp3) is 0.567. The van der Waals surface area contributed by atoms with Gasteiger partial charge in [0.1, 0.15) is 11.8 Å². The van der Waals surface area contributed by atoms with Crippen LogP contribution in [0.25, 0.3) is 0 Å². The van der Waals surface area contributed by atoms with Crippen LogP contribution in [0.1, 0.15) is 62.7 Å². The molecule has 0 spiro atoms. The molecule has 3 aliphatic heterocycles. The van der Waals surface area contributed by atoms with Crippen molar-refractivity contribution in [1.82, 2.24) is 10.2 Å². The molecule has 0 aromatic heterocycles.